The van der Waals surface area contributed by atoms with Gasteiger partial charge in [-0.3, -0.25) is 10.3 Å². The fraction of sp³-hybridized carbons (Fsp3) is 0.640. The molecule has 1 aromatic rings. The van der Waals surface area contributed by atoms with Gasteiger partial charge in [0.25, 0.3) is 0 Å². The van der Waals surface area contributed by atoms with Crippen molar-refractivity contribution >= 4 is 23.5 Å². The van der Waals surface area contributed by atoms with Crippen LogP contribution in [0.4, 0.5) is 18.9 Å². The number of rotatable bonds is 5. The van der Waals surface area contributed by atoms with E-state index in [-0.39, 0.29) is 11.8 Å². The number of hydrogen-bond acceptors (Lipinski definition) is 7. The highest BCUT2D eigenvalue weighted by Gasteiger charge is 2.36. The molecule has 0 aliphatic carbocycles. The number of amidine groups is 1. The van der Waals surface area contributed by atoms with Crippen LogP contribution in [0.5, 0.6) is 0 Å². The minimum absolute atomic E-state index is 0.0899. The van der Waals surface area contributed by atoms with Gasteiger partial charge in [-0.2, -0.15) is 13.2 Å². The number of carbonyl (C=O) groups is 2. The summed E-state index contributed by atoms with van der Waals surface area (Å²) in [5.41, 5.74) is 7.11. The molecule has 9 nitrogen and oxygen atoms in total. The van der Waals surface area contributed by atoms with E-state index in [0.29, 0.717) is 12.6 Å². The van der Waals surface area contributed by atoms with E-state index in [0.717, 1.165) is 62.2 Å². The largest absolute Gasteiger partial charge is 0.542 e. The van der Waals surface area contributed by atoms with Gasteiger partial charge in [0, 0.05) is 56.3 Å². The third-order valence-electron chi connectivity index (χ3n) is 6.54. The Bertz CT molecular complexity index is 931. The van der Waals surface area contributed by atoms with Gasteiger partial charge >= 0.3 is 12.1 Å². The molecule has 208 valence electrons. The van der Waals surface area contributed by atoms with Gasteiger partial charge < -0.3 is 29.8 Å². The average Bonchev–Trinajstić information content (AvgIpc) is 2.78. The number of piperazine rings is 1. The van der Waals surface area contributed by atoms with E-state index in [2.05, 4.69) is 29.0 Å². The molecule has 0 radical (unpaired) electrons. The summed E-state index contributed by atoms with van der Waals surface area (Å²) in [5, 5.41) is 16.3. The van der Waals surface area contributed by atoms with E-state index in [4.69, 9.17) is 25.8 Å². The highest BCUT2D eigenvalue weighted by molar-refractivity contribution is 5.95. The summed E-state index contributed by atoms with van der Waals surface area (Å²) in [5.74, 6) is -2.99. The number of carboxylic acid groups (broad SMARTS) is 1. The Morgan fingerprint density at radius 2 is 1.57 bits per heavy atom. The number of piperidine rings is 1. The van der Waals surface area contributed by atoms with Gasteiger partial charge in [-0.15, -0.1) is 0 Å². The summed E-state index contributed by atoms with van der Waals surface area (Å²) in [7, 11) is 2.18. The van der Waals surface area contributed by atoms with Crippen LogP contribution in [0.1, 0.15) is 39.2 Å². The summed E-state index contributed by atoms with van der Waals surface area (Å²) in [4.78, 5) is 26.1. The number of esters is 1. The Balaban J connectivity index is 0.000000604. The molecular weight excluding hydrogens is 491 g/mol. The molecule has 3 rings (SSSR count). The average molecular weight is 530 g/mol. The van der Waals surface area contributed by atoms with Crippen LogP contribution in [0.15, 0.2) is 24.3 Å². The van der Waals surface area contributed by atoms with Gasteiger partial charge in [0.05, 0.1) is 20.1 Å². The second-order valence-corrected chi connectivity index (χ2v) is 10.8. The third kappa shape index (κ3) is 9.84. The van der Waals surface area contributed by atoms with Crippen molar-refractivity contribution in [2.75, 3.05) is 57.8 Å². The number of hydrogen-bond donors (Lipinski definition) is 2. The molecule has 0 atom stereocenters. The number of benzene rings is 1. The topological polar surface area (TPSA) is 123 Å². The summed E-state index contributed by atoms with van der Waals surface area (Å²) in [6.45, 7) is 12.4. The molecule has 0 bridgehead atoms. The number of nitrogens with one attached hydrogen (secondary N) is 1. The fourth-order valence-corrected chi connectivity index (χ4v) is 4.58. The molecule has 2 heterocycles. The molecule has 0 saturated carbocycles. The highest BCUT2D eigenvalue weighted by atomic mass is 19.4. The molecule has 2 saturated heterocycles. The number of carbonyl (C=O) groups excluding carboxylic acids is 2. The molecule has 2 aliphatic rings. The highest BCUT2D eigenvalue weighted by Crippen LogP contribution is 2.24. The standard InChI is InChI=1S/C23H38N5O2.C2HF3O2/c1-23(2,3)30-21(29)17-28(4)15-9-20(10-16-28)27-13-11-26(12-14-27)19-7-5-18(6-8-19)22(24)25;3-2(4,5)1(6)7/h5-8,20H,9-17H2,1-4H3,(H3,24,25);(H,6,7)/q+1;/p-1/t20-,28-;. The van der Waals surface area contributed by atoms with Crippen molar-refractivity contribution in [3.05, 3.63) is 29.8 Å². The Morgan fingerprint density at radius 3 is 1.97 bits per heavy atom. The molecule has 3 N–H and O–H groups in total. The molecule has 2 aliphatic heterocycles. The van der Waals surface area contributed by atoms with Crippen molar-refractivity contribution in [3.8, 4) is 0 Å². The zero-order chi connectivity index (χ0) is 28.0. The molecule has 0 aromatic heterocycles. The fourth-order valence-electron chi connectivity index (χ4n) is 4.58. The Morgan fingerprint density at radius 1 is 1.08 bits per heavy atom. The SMILES string of the molecule is CC(C)(C)OC(=O)C[N@+]1(C)CC[C@@H](N2CCN(c3ccc(C(=N)N)cc3)CC2)CC1.O=C([O-])C(F)(F)F. The van der Waals surface area contributed by atoms with Gasteiger partial charge in [0.1, 0.15) is 17.4 Å². The lowest BCUT2D eigenvalue weighted by atomic mass is 10.00. The van der Waals surface area contributed by atoms with Crippen LogP contribution < -0.4 is 15.7 Å². The number of nitrogens with two attached hydrogens (primary N) is 1. The summed E-state index contributed by atoms with van der Waals surface area (Å²) >= 11 is 0. The molecule has 12 heteroatoms. The summed E-state index contributed by atoms with van der Waals surface area (Å²) in [6.07, 6.45) is -2.93. The molecule has 37 heavy (non-hydrogen) atoms. The Hall–Kier alpha value is -2.86. The molecule has 0 spiro atoms. The third-order valence-corrected chi connectivity index (χ3v) is 6.54. The van der Waals surface area contributed by atoms with Gasteiger partial charge in [-0.1, -0.05) is 0 Å². The van der Waals surface area contributed by atoms with Crippen LogP contribution in [-0.2, 0) is 14.3 Å². The number of halogens is 3. The van der Waals surface area contributed by atoms with Crippen molar-refractivity contribution in [1.29, 1.82) is 5.41 Å². The van der Waals surface area contributed by atoms with E-state index in [1.54, 1.807) is 0 Å². The lowest BCUT2D eigenvalue weighted by Crippen LogP contribution is -2.59. The second kappa shape index (κ2) is 12.1. The molecule has 0 amide bonds. The number of alkyl halides is 3. The quantitative estimate of drug-likeness (QED) is 0.255. The number of aliphatic carboxylic acids is 1. The number of likely N-dealkylation sites (tertiary alicyclic amines) is 1. The number of quaternary nitrogens is 1. The van der Waals surface area contributed by atoms with E-state index in [1.165, 1.54) is 5.69 Å². The molecule has 2 fully saturated rings. The van der Waals surface area contributed by atoms with Crippen LogP contribution in [-0.4, -0.2) is 97.8 Å². The van der Waals surface area contributed by atoms with Crippen molar-refractivity contribution in [2.45, 2.75) is 51.4 Å². The van der Waals surface area contributed by atoms with Gasteiger partial charge in [-0.25, -0.2) is 4.79 Å². The van der Waals surface area contributed by atoms with Crippen molar-refractivity contribution in [3.63, 3.8) is 0 Å². The smallest absolute Gasteiger partial charge is 0.430 e. The van der Waals surface area contributed by atoms with Crippen molar-refractivity contribution < 1.29 is 37.1 Å². The zero-order valence-electron chi connectivity index (χ0n) is 21.9. The van der Waals surface area contributed by atoms with Crippen LogP contribution in [0.25, 0.3) is 0 Å². The molecule has 0 unspecified atom stereocenters. The van der Waals surface area contributed by atoms with E-state index < -0.39 is 17.7 Å². The number of likely N-dealkylation sites (N-methyl/N-ethyl adjacent to an activating group) is 1. The number of ether oxygens (including phenoxy) is 1. The van der Waals surface area contributed by atoms with Crippen molar-refractivity contribution in [2.24, 2.45) is 5.73 Å². The first-order valence-corrected chi connectivity index (χ1v) is 12.3. The van der Waals surface area contributed by atoms with Gasteiger partial charge in [0.15, 0.2) is 6.54 Å². The maximum atomic E-state index is 12.3. The predicted molar refractivity (Wildman–Crippen MR) is 132 cm³/mol. The van der Waals surface area contributed by atoms with Gasteiger partial charge in [0.2, 0.25) is 0 Å². The Labute approximate surface area is 216 Å². The first-order chi connectivity index (χ1) is 17.0. The summed E-state index contributed by atoms with van der Waals surface area (Å²) < 4.78 is 37.9. The van der Waals surface area contributed by atoms with E-state index >= 15 is 0 Å². The predicted octanol–water partition coefficient (Wildman–Crippen LogP) is 1.34. The zero-order valence-corrected chi connectivity index (χ0v) is 21.9. The van der Waals surface area contributed by atoms with Crippen LogP contribution >= 0.6 is 0 Å². The van der Waals surface area contributed by atoms with Crippen LogP contribution in [0.2, 0.25) is 0 Å². The first-order valence-electron chi connectivity index (χ1n) is 12.3. The summed E-state index contributed by atoms with van der Waals surface area (Å²) in [6, 6.07) is 8.58. The molecular formula is C25H38F3N5O4. The lowest BCUT2D eigenvalue weighted by molar-refractivity contribution is -0.907. The Kier molecular flexibility index (Phi) is 9.95. The second-order valence-electron chi connectivity index (χ2n) is 10.8. The van der Waals surface area contributed by atoms with E-state index in [9.17, 15) is 18.0 Å². The van der Waals surface area contributed by atoms with Crippen molar-refractivity contribution in [1.82, 2.24) is 4.90 Å². The van der Waals surface area contributed by atoms with Crippen LogP contribution in [0, 0.1) is 5.41 Å². The van der Waals surface area contributed by atoms with E-state index in [1.807, 2.05) is 32.9 Å². The number of carboxylic acids is 1. The van der Waals surface area contributed by atoms with Gasteiger partial charge in [-0.05, 0) is 45.0 Å². The lowest BCUT2D eigenvalue weighted by Gasteiger charge is -2.46. The normalized spacial score (nSPS) is 23.0. The maximum Gasteiger partial charge on any atom is 0.430 e. The molecule has 1 aromatic carbocycles. The number of anilines is 1. The van der Waals surface area contributed by atoms with Crippen LogP contribution in [0.3, 0.4) is 0 Å². The maximum absolute atomic E-state index is 12.3. The monoisotopic (exact) mass is 529 g/mol. The minimum Gasteiger partial charge on any atom is -0.542 e. The first kappa shape index (κ1) is 30.4. The number of nitrogens with zero attached hydrogens (tertiary/aromatic N) is 3. The minimum atomic E-state index is -5.19. The number of nitrogen functional groups attached to an aromatic ring is 1.